The number of aromatic nitrogens is 1. The lowest BCUT2D eigenvalue weighted by molar-refractivity contribution is 0.0257. The Hall–Kier alpha value is -0.930. The van der Waals surface area contributed by atoms with Crippen molar-refractivity contribution in [3.8, 4) is 6.07 Å². The van der Waals surface area contributed by atoms with Crippen LogP contribution in [0.5, 0.6) is 0 Å². The van der Waals surface area contributed by atoms with Crippen LogP contribution in [-0.2, 0) is 0 Å². The van der Waals surface area contributed by atoms with Gasteiger partial charge in [-0.3, -0.25) is 0 Å². The smallest absolute Gasteiger partial charge is 0.267 e. The molecule has 15 heavy (non-hydrogen) atoms. The zero-order valence-electron chi connectivity index (χ0n) is 7.51. The molecule has 1 aliphatic heterocycles. The Morgan fingerprint density at radius 1 is 1.60 bits per heavy atom. The average molecular weight is 250 g/mol. The lowest BCUT2D eigenvalue weighted by atomic mass is 10.3. The number of anilines is 1. The molecule has 7 heteroatoms. The Bertz CT molecular complexity index is 426. The highest BCUT2D eigenvalue weighted by Gasteiger charge is 2.39. The third-order valence-electron chi connectivity index (χ3n) is 2.12. The van der Waals surface area contributed by atoms with Crippen LogP contribution in [-0.4, -0.2) is 24.0 Å². The molecule has 0 unspecified atom stereocenters. The van der Waals surface area contributed by atoms with Crippen LogP contribution in [0, 0.1) is 11.3 Å². The first-order valence-electron chi connectivity index (χ1n) is 4.21. The first-order valence-corrected chi connectivity index (χ1v) is 5.40. The summed E-state index contributed by atoms with van der Waals surface area (Å²) in [4.78, 5) is 5.60. The topological polar surface area (TPSA) is 39.9 Å². The Kier molecular flexibility index (Phi) is 2.52. The summed E-state index contributed by atoms with van der Waals surface area (Å²) in [5.74, 6) is -2.66. The molecule has 1 aromatic heterocycles. The summed E-state index contributed by atoms with van der Waals surface area (Å²) in [5.41, 5.74) is 0. The number of hydrogen-bond acceptors (Lipinski definition) is 4. The monoisotopic (exact) mass is 249 g/mol. The number of halogens is 3. The van der Waals surface area contributed by atoms with Gasteiger partial charge in [-0.2, -0.15) is 5.26 Å². The molecule has 1 fully saturated rings. The van der Waals surface area contributed by atoms with Gasteiger partial charge in [-0.1, -0.05) is 22.9 Å². The summed E-state index contributed by atoms with van der Waals surface area (Å²) in [6.45, 7) is -0.0938. The standard InChI is InChI=1S/C8H6ClF2N3S/c9-6-5(3-12)15-7(13-6)14-2-1-8(10,11)4-14/h1-2,4H2. The number of alkyl halides is 2. The van der Waals surface area contributed by atoms with Gasteiger partial charge in [0.1, 0.15) is 10.9 Å². The van der Waals surface area contributed by atoms with Crippen molar-refractivity contribution in [1.29, 1.82) is 5.26 Å². The van der Waals surface area contributed by atoms with Crippen LogP contribution in [0.4, 0.5) is 13.9 Å². The van der Waals surface area contributed by atoms with E-state index in [-0.39, 0.29) is 29.5 Å². The molecule has 0 N–H and O–H groups in total. The molecule has 1 aromatic rings. The van der Waals surface area contributed by atoms with Gasteiger partial charge in [0, 0.05) is 13.0 Å². The van der Waals surface area contributed by atoms with Crippen molar-refractivity contribution < 1.29 is 8.78 Å². The fourth-order valence-electron chi connectivity index (χ4n) is 1.39. The van der Waals surface area contributed by atoms with Gasteiger partial charge in [0.05, 0.1) is 6.54 Å². The predicted molar refractivity (Wildman–Crippen MR) is 53.6 cm³/mol. The lowest BCUT2D eigenvalue weighted by Gasteiger charge is -2.13. The molecule has 80 valence electrons. The summed E-state index contributed by atoms with van der Waals surface area (Å²) in [5, 5.41) is 9.13. The number of nitrogens with zero attached hydrogens (tertiary/aromatic N) is 3. The summed E-state index contributed by atoms with van der Waals surface area (Å²) in [7, 11) is 0. The van der Waals surface area contributed by atoms with E-state index in [0.717, 1.165) is 11.3 Å². The molecular formula is C8H6ClF2N3S. The Labute approximate surface area is 93.9 Å². The molecule has 0 amide bonds. The normalized spacial score (nSPS) is 19.2. The minimum absolute atomic E-state index is 0.0905. The van der Waals surface area contributed by atoms with Crippen LogP contribution in [0.3, 0.4) is 0 Å². The van der Waals surface area contributed by atoms with Crippen molar-refractivity contribution in [2.75, 3.05) is 18.0 Å². The molecule has 1 saturated heterocycles. The highest BCUT2D eigenvalue weighted by molar-refractivity contribution is 7.16. The largest absolute Gasteiger partial charge is 0.342 e. The maximum atomic E-state index is 12.9. The second kappa shape index (κ2) is 3.58. The summed E-state index contributed by atoms with van der Waals surface area (Å²) >= 11 is 6.70. The van der Waals surface area contributed by atoms with E-state index in [1.165, 1.54) is 4.90 Å². The predicted octanol–water partition coefficient (Wildman–Crippen LogP) is 2.51. The first-order chi connectivity index (χ1) is 7.02. The summed E-state index contributed by atoms with van der Waals surface area (Å²) < 4.78 is 25.8. The maximum Gasteiger partial charge on any atom is 0.267 e. The van der Waals surface area contributed by atoms with Crippen LogP contribution in [0.1, 0.15) is 11.3 Å². The van der Waals surface area contributed by atoms with Crippen LogP contribution in [0.25, 0.3) is 0 Å². The zero-order valence-corrected chi connectivity index (χ0v) is 9.08. The zero-order chi connectivity index (χ0) is 11.1. The summed E-state index contributed by atoms with van der Waals surface area (Å²) in [6, 6.07) is 1.87. The van der Waals surface area contributed by atoms with Gasteiger partial charge in [-0.05, 0) is 0 Å². The fraction of sp³-hybridized carbons (Fsp3) is 0.500. The van der Waals surface area contributed by atoms with Gasteiger partial charge in [-0.25, -0.2) is 13.8 Å². The second-order valence-electron chi connectivity index (χ2n) is 3.26. The van der Waals surface area contributed by atoms with E-state index in [0.29, 0.717) is 5.13 Å². The molecule has 0 aromatic carbocycles. The number of nitriles is 1. The van der Waals surface area contributed by atoms with Gasteiger partial charge in [0.2, 0.25) is 0 Å². The molecule has 0 aliphatic carbocycles. The molecule has 3 nitrogen and oxygen atoms in total. The molecule has 1 aliphatic rings. The van der Waals surface area contributed by atoms with Gasteiger partial charge in [0.25, 0.3) is 5.92 Å². The van der Waals surface area contributed by atoms with Crippen molar-refractivity contribution in [3.63, 3.8) is 0 Å². The molecule has 0 atom stereocenters. The molecule has 0 bridgehead atoms. The summed E-state index contributed by atoms with van der Waals surface area (Å²) in [6.07, 6.45) is -0.175. The lowest BCUT2D eigenvalue weighted by Crippen LogP contribution is -2.24. The van der Waals surface area contributed by atoms with Gasteiger partial charge < -0.3 is 4.90 Å². The van der Waals surface area contributed by atoms with Crippen molar-refractivity contribution in [2.24, 2.45) is 0 Å². The molecule has 0 saturated carbocycles. The van der Waals surface area contributed by atoms with E-state index in [1.54, 1.807) is 0 Å². The van der Waals surface area contributed by atoms with E-state index in [9.17, 15) is 8.78 Å². The number of hydrogen-bond donors (Lipinski definition) is 0. The van der Waals surface area contributed by atoms with E-state index in [2.05, 4.69) is 4.98 Å². The molecule has 2 rings (SSSR count). The first kappa shape index (κ1) is 10.6. The minimum atomic E-state index is -2.66. The Morgan fingerprint density at radius 2 is 2.33 bits per heavy atom. The van der Waals surface area contributed by atoms with Crippen LogP contribution in [0.2, 0.25) is 5.15 Å². The van der Waals surface area contributed by atoms with Crippen molar-refractivity contribution >= 4 is 28.1 Å². The molecule has 2 heterocycles. The van der Waals surface area contributed by atoms with Crippen molar-refractivity contribution in [3.05, 3.63) is 10.0 Å². The molecule has 0 spiro atoms. The SMILES string of the molecule is N#Cc1sc(N2CCC(F)(F)C2)nc1Cl. The van der Waals surface area contributed by atoms with Crippen molar-refractivity contribution in [2.45, 2.75) is 12.3 Å². The molecule has 0 radical (unpaired) electrons. The second-order valence-corrected chi connectivity index (χ2v) is 4.59. The quantitative estimate of drug-likeness (QED) is 0.768. The Balaban J connectivity index is 2.22. The van der Waals surface area contributed by atoms with Gasteiger partial charge in [-0.15, -0.1) is 0 Å². The van der Waals surface area contributed by atoms with Gasteiger partial charge >= 0.3 is 0 Å². The van der Waals surface area contributed by atoms with Crippen LogP contribution in [0.15, 0.2) is 0 Å². The fourth-order valence-corrected chi connectivity index (χ4v) is 2.46. The van der Waals surface area contributed by atoms with Crippen molar-refractivity contribution in [1.82, 2.24) is 4.98 Å². The highest BCUT2D eigenvalue weighted by atomic mass is 35.5. The van der Waals surface area contributed by atoms with E-state index in [1.807, 2.05) is 6.07 Å². The van der Waals surface area contributed by atoms with Crippen LogP contribution >= 0.6 is 22.9 Å². The number of thiazole rings is 1. The van der Waals surface area contributed by atoms with Gasteiger partial charge in [0.15, 0.2) is 10.3 Å². The Morgan fingerprint density at radius 3 is 2.80 bits per heavy atom. The van der Waals surface area contributed by atoms with Crippen LogP contribution < -0.4 is 4.90 Å². The number of rotatable bonds is 1. The van der Waals surface area contributed by atoms with E-state index < -0.39 is 5.92 Å². The minimum Gasteiger partial charge on any atom is -0.342 e. The molecular weight excluding hydrogens is 244 g/mol. The third kappa shape index (κ3) is 2.03. The average Bonchev–Trinajstić information content (AvgIpc) is 2.69. The highest BCUT2D eigenvalue weighted by Crippen LogP contribution is 2.35. The maximum absolute atomic E-state index is 12.9. The van der Waals surface area contributed by atoms with E-state index >= 15 is 0 Å². The van der Waals surface area contributed by atoms with E-state index in [4.69, 9.17) is 16.9 Å². The third-order valence-corrected chi connectivity index (χ3v) is 3.52.